The molecule has 0 bridgehead atoms. The Morgan fingerprint density at radius 1 is 1.55 bits per heavy atom. The lowest BCUT2D eigenvalue weighted by Crippen LogP contribution is -2.07. The van der Waals surface area contributed by atoms with E-state index >= 15 is 0 Å². The predicted octanol–water partition coefficient (Wildman–Crippen LogP) is 1.66. The maximum atomic E-state index is 12.4. The van der Waals surface area contributed by atoms with Gasteiger partial charge in [0.2, 0.25) is 5.95 Å². The summed E-state index contributed by atoms with van der Waals surface area (Å²) in [5.41, 5.74) is 6.04. The van der Waals surface area contributed by atoms with Gasteiger partial charge in [-0.1, -0.05) is 6.07 Å². The molecule has 0 aliphatic carbocycles. The van der Waals surface area contributed by atoms with Crippen molar-refractivity contribution in [1.29, 1.82) is 0 Å². The van der Waals surface area contributed by atoms with Crippen LogP contribution in [0, 0.1) is 5.95 Å². The first-order chi connectivity index (χ1) is 4.70. The normalized spacial score (nSPS) is 11.9. The van der Waals surface area contributed by atoms with Gasteiger partial charge in [0.1, 0.15) is 0 Å². The van der Waals surface area contributed by atoms with E-state index in [0.717, 1.165) is 0 Å². The van der Waals surface area contributed by atoms with E-state index in [9.17, 15) is 4.39 Å². The molecule has 1 atom stereocenters. The molecule has 0 saturated heterocycles. The van der Waals surface area contributed by atoms with Crippen LogP contribution in [0.5, 0.6) is 0 Å². The van der Waals surface area contributed by atoms with Crippen LogP contribution in [-0.2, 0) is 0 Å². The molecule has 0 unspecified atom stereocenters. The first-order valence-electron chi connectivity index (χ1n) is 3.08. The molecule has 0 spiro atoms. The third-order valence-electron chi connectivity index (χ3n) is 1.20. The van der Waals surface area contributed by atoms with Gasteiger partial charge in [0, 0.05) is 6.04 Å². The maximum absolute atomic E-state index is 12.4. The fraction of sp³-hybridized carbons (Fsp3) is 0.286. The minimum atomic E-state index is -0.477. The summed E-state index contributed by atoms with van der Waals surface area (Å²) in [6.07, 6.45) is 0. The van der Waals surface area contributed by atoms with Crippen LogP contribution in [-0.4, -0.2) is 4.98 Å². The minimum Gasteiger partial charge on any atom is -0.323 e. The standard InChI is InChI=1S/C7H9FN2.ClH/c1-5(9)6-3-2-4-7(8)10-6;/h2-5H,9H2,1H3;1H/t5-;/m1./s1. The molecule has 0 saturated carbocycles. The topological polar surface area (TPSA) is 38.9 Å². The van der Waals surface area contributed by atoms with Gasteiger partial charge < -0.3 is 5.73 Å². The molecule has 1 aromatic heterocycles. The highest BCUT2D eigenvalue weighted by atomic mass is 35.5. The summed E-state index contributed by atoms with van der Waals surface area (Å²) in [5.74, 6) is -0.477. The lowest BCUT2D eigenvalue weighted by molar-refractivity contribution is 0.569. The zero-order valence-electron chi connectivity index (χ0n) is 6.12. The van der Waals surface area contributed by atoms with Crippen LogP contribution in [0.2, 0.25) is 0 Å². The highest BCUT2D eigenvalue weighted by Gasteiger charge is 1.99. The molecule has 1 heterocycles. The van der Waals surface area contributed by atoms with Crippen LogP contribution >= 0.6 is 12.4 Å². The third kappa shape index (κ3) is 2.82. The first-order valence-corrected chi connectivity index (χ1v) is 3.08. The molecule has 62 valence electrons. The Labute approximate surface area is 71.0 Å². The summed E-state index contributed by atoms with van der Waals surface area (Å²) < 4.78 is 12.4. The largest absolute Gasteiger partial charge is 0.323 e. The minimum absolute atomic E-state index is 0. The van der Waals surface area contributed by atoms with Crippen molar-refractivity contribution < 1.29 is 4.39 Å². The molecule has 2 nitrogen and oxygen atoms in total. The average molecular weight is 177 g/mol. The average Bonchev–Trinajstić information content (AvgIpc) is 1.88. The molecule has 0 amide bonds. The van der Waals surface area contributed by atoms with Crippen molar-refractivity contribution in [2.24, 2.45) is 5.73 Å². The molecule has 4 heteroatoms. The Morgan fingerprint density at radius 3 is 2.55 bits per heavy atom. The number of hydrogen-bond acceptors (Lipinski definition) is 2. The highest BCUT2D eigenvalue weighted by Crippen LogP contribution is 2.05. The second-order valence-corrected chi connectivity index (χ2v) is 2.17. The zero-order valence-corrected chi connectivity index (χ0v) is 6.94. The monoisotopic (exact) mass is 176 g/mol. The van der Waals surface area contributed by atoms with Crippen molar-refractivity contribution in [3.63, 3.8) is 0 Å². The molecule has 1 aromatic rings. The quantitative estimate of drug-likeness (QED) is 0.661. The third-order valence-corrected chi connectivity index (χ3v) is 1.20. The van der Waals surface area contributed by atoms with E-state index in [2.05, 4.69) is 4.98 Å². The Morgan fingerprint density at radius 2 is 2.18 bits per heavy atom. The van der Waals surface area contributed by atoms with Crippen LogP contribution in [0.4, 0.5) is 4.39 Å². The lowest BCUT2D eigenvalue weighted by atomic mass is 10.2. The van der Waals surface area contributed by atoms with Crippen LogP contribution < -0.4 is 5.73 Å². The van der Waals surface area contributed by atoms with Gasteiger partial charge in [-0.3, -0.25) is 0 Å². The number of rotatable bonds is 1. The van der Waals surface area contributed by atoms with Crippen molar-refractivity contribution in [1.82, 2.24) is 4.98 Å². The second-order valence-electron chi connectivity index (χ2n) is 2.17. The summed E-state index contributed by atoms with van der Waals surface area (Å²) in [5, 5.41) is 0. The molecule has 0 aliphatic rings. The van der Waals surface area contributed by atoms with Crippen molar-refractivity contribution in [2.45, 2.75) is 13.0 Å². The molecular formula is C7H10ClFN2. The van der Waals surface area contributed by atoms with Crippen LogP contribution in [0.25, 0.3) is 0 Å². The molecule has 0 fully saturated rings. The van der Waals surface area contributed by atoms with Crippen LogP contribution in [0.3, 0.4) is 0 Å². The van der Waals surface area contributed by atoms with Crippen molar-refractivity contribution >= 4 is 12.4 Å². The van der Waals surface area contributed by atoms with Crippen molar-refractivity contribution in [3.05, 3.63) is 29.8 Å². The van der Waals surface area contributed by atoms with E-state index in [4.69, 9.17) is 5.73 Å². The fourth-order valence-corrected chi connectivity index (χ4v) is 0.678. The molecule has 0 radical (unpaired) electrons. The first kappa shape index (κ1) is 10.3. The van der Waals surface area contributed by atoms with Gasteiger partial charge in [-0.05, 0) is 19.1 Å². The van der Waals surface area contributed by atoms with E-state index in [1.54, 1.807) is 19.1 Å². The Balaban J connectivity index is 0.000001000. The Hall–Kier alpha value is -0.670. The molecule has 0 aliphatic heterocycles. The van der Waals surface area contributed by atoms with Gasteiger partial charge in [0.25, 0.3) is 0 Å². The van der Waals surface area contributed by atoms with Gasteiger partial charge in [0.15, 0.2) is 0 Å². The number of hydrogen-bond donors (Lipinski definition) is 1. The van der Waals surface area contributed by atoms with E-state index in [1.807, 2.05) is 0 Å². The summed E-state index contributed by atoms with van der Waals surface area (Å²) in [4.78, 5) is 3.58. The highest BCUT2D eigenvalue weighted by molar-refractivity contribution is 5.85. The van der Waals surface area contributed by atoms with Gasteiger partial charge in [-0.2, -0.15) is 4.39 Å². The predicted molar refractivity (Wildman–Crippen MR) is 44.0 cm³/mol. The van der Waals surface area contributed by atoms with Gasteiger partial charge >= 0.3 is 0 Å². The second kappa shape index (κ2) is 4.26. The number of nitrogens with two attached hydrogens (primary N) is 1. The molecule has 11 heavy (non-hydrogen) atoms. The van der Waals surface area contributed by atoms with Crippen molar-refractivity contribution in [3.8, 4) is 0 Å². The van der Waals surface area contributed by atoms with Gasteiger partial charge in [0.05, 0.1) is 5.69 Å². The SMILES string of the molecule is C[C@@H](N)c1cccc(F)n1.Cl. The van der Waals surface area contributed by atoms with E-state index < -0.39 is 5.95 Å². The Bertz CT molecular complexity index is 227. The van der Waals surface area contributed by atoms with Crippen LogP contribution in [0.15, 0.2) is 18.2 Å². The zero-order chi connectivity index (χ0) is 7.56. The molecule has 1 rings (SSSR count). The van der Waals surface area contributed by atoms with Crippen LogP contribution in [0.1, 0.15) is 18.7 Å². The van der Waals surface area contributed by atoms with E-state index in [0.29, 0.717) is 5.69 Å². The lowest BCUT2D eigenvalue weighted by Gasteiger charge is -2.01. The number of halogens is 2. The summed E-state index contributed by atoms with van der Waals surface area (Å²) in [7, 11) is 0. The molecular weight excluding hydrogens is 167 g/mol. The van der Waals surface area contributed by atoms with Gasteiger partial charge in [-0.25, -0.2) is 4.98 Å². The Kier molecular flexibility index (Phi) is 4.00. The van der Waals surface area contributed by atoms with E-state index in [1.165, 1.54) is 6.07 Å². The molecule has 0 aromatic carbocycles. The molecule has 2 N–H and O–H groups in total. The number of nitrogens with zero attached hydrogens (tertiary/aromatic N) is 1. The number of aromatic nitrogens is 1. The smallest absolute Gasteiger partial charge is 0.213 e. The maximum Gasteiger partial charge on any atom is 0.213 e. The van der Waals surface area contributed by atoms with E-state index in [-0.39, 0.29) is 18.4 Å². The summed E-state index contributed by atoms with van der Waals surface area (Å²) >= 11 is 0. The van der Waals surface area contributed by atoms with Gasteiger partial charge in [-0.15, -0.1) is 12.4 Å². The van der Waals surface area contributed by atoms with Crippen molar-refractivity contribution in [2.75, 3.05) is 0 Å². The summed E-state index contributed by atoms with van der Waals surface area (Å²) in [6, 6.07) is 4.40. The summed E-state index contributed by atoms with van der Waals surface area (Å²) in [6.45, 7) is 1.77. The number of pyridine rings is 1. The fourth-order valence-electron chi connectivity index (χ4n) is 0.678.